The van der Waals surface area contributed by atoms with Gasteiger partial charge in [0.1, 0.15) is 5.82 Å². The van der Waals surface area contributed by atoms with E-state index in [-0.39, 0.29) is 17.9 Å². The van der Waals surface area contributed by atoms with Crippen LogP contribution in [0.2, 0.25) is 0 Å². The number of benzene rings is 1. The molecule has 1 fully saturated rings. The second-order valence-corrected chi connectivity index (χ2v) is 4.93. The fourth-order valence-electron chi connectivity index (χ4n) is 2.45. The Labute approximate surface area is 107 Å². The molecule has 0 spiro atoms. The van der Waals surface area contributed by atoms with Crippen LogP contribution in [0.25, 0.3) is 0 Å². The summed E-state index contributed by atoms with van der Waals surface area (Å²) in [6.45, 7) is 0.777. The zero-order valence-corrected chi connectivity index (χ0v) is 10.9. The zero-order chi connectivity index (χ0) is 13.1. The van der Waals surface area contributed by atoms with Crippen LogP contribution in [0.1, 0.15) is 30.9 Å². The molecular formula is C14H19FN2O. The Morgan fingerprint density at radius 3 is 2.56 bits per heavy atom. The SMILES string of the molecule is CN(C)C(=O)N1CCCCC1c1ccc(F)cc1. The summed E-state index contributed by atoms with van der Waals surface area (Å²) in [7, 11) is 3.53. The highest BCUT2D eigenvalue weighted by atomic mass is 19.1. The van der Waals surface area contributed by atoms with Crippen molar-refractivity contribution in [1.82, 2.24) is 9.80 Å². The molecule has 3 nitrogen and oxygen atoms in total. The summed E-state index contributed by atoms with van der Waals surface area (Å²) in [5, 5.41) is 0. The molecule has 1 aromatic carbocycles. The third-order valence-corrected chi connectivity index (χ3v) is 3.39. The van der Waals surface area contributed by atoms with Gasteiger partial charge in [0, 0.05) is 20.6 Å². The highest BCUT2D eigenvalue weighted by molar-refractivity contribution is 5.74. The third-order valence-electron chi connectivity index (χ3n) is 3.39. The Hall–Kier alpha value is -1.58. The maximum absolute atomic E-state index is 12.9. The van der Waals surface area contributed by atoms with Gasteiger partial charge in [-0.1, -0.05) is 12.1 Å². The van der Waals surface area contributed by atoms with Gasteiger partial charge in [-0.3, -0.25) is 0 Å². The summed E-state index contributed by atoms with van der Waals surface area (Å²) in [5.41, 5.74) is 1.02. The molecule has 4 heteroatoms. The topological polar surface area (TPSA) is 23.6 Å². The molecule has 1 aliphatic heterocycles. The number of urea groups is 1. The molecule has 1 unspecified atom stereocenters. The van der Waals surface area contributed by atoms with Crippen LogP contribution >= 0.6 is 0 Å². The average Bonchev–Trinajstić information content (AvgIpc) is 2.39. The molecule has 1 heterocycles. The Morgan fingerprint density at radius 2 is 1.94 bits per heavy atom. The summed E-state index contributed by atoms with van der Waals surface area (Å²) >= 11 is 0. The number of amides is 2. The number of piperidine rings is 1. The second-order valence-electron chi connectivity index (χ2n) is 4.93. The molecule has 2 rings (SSSR count). The summed E-state index contributed by atoms with van der Waals surface area (Å²) in [6.07, 6.45) is 3.10. The quantitative estimate of drug-likeness (QED) is 0.751. The molecule has 1 atom stereocenters. The fraction of sp³-hybridized carbons (Fsp3) is 0.500. The summed E-state index contributed by atoms with van der Waals surface area (Å²) in [5.74, 6) is -0.236. The number of halogens is 1. The first kappa shape index (κ1) is 12.9. The van der Waals surface area contributed by atoms with Crippen molar-refractivity contribution in [2.24, 2.45) is 0 Å². The highest BCUT2D eigenvalue weighted by Crippen LogP contribution is 2.31. The van der Waals surface area contributed by atoms with Crippen molar-refractivity contribution in [2.45, 2.75) is 25.3 Å². The standard InChI is InChI=1S/C14H19FN2O/c1-16(2)14(18)17-10-4-3-5-13(17)11-6-8-12(15)9-7-11/h6-9,13H,3-5,10H2,1-2H3. The molecule has 1 aromatic rings. The lowest BCUT2D eigenvalue weighted by Crippen LogP contribution is -2.44. The minimum Gasteiger partial charge on any atom is -0.331 e. The van der Waals surface area contributed by atoms with Gasteiger partial charge in [0.25, 0.3) is 0 Å². The number of nitrogens with zero attached hydrogens (tertiary/aromatic N) is 2. The molecule has 18 heavy (non-hydrogen) atoms. The summed E-state index contributed by atoms with van der Waals surface area (Å²) in [4.78, 5) is 15.6. The van der Waals surface area contributed by atoms with Crippen LogP contribution in [-0.2, 0) is 0 Å². The molecular weight excluding hydrogens is 231 g/mol. The summed E-state index contributed by atoms with van der Waals surface area (Å²) < 4.78 is 12.9. The lowest BCUT2D eigenvalue weighted by Gasteiger charge is -2.37. The molecule has 0 bridgehead atoms. The minimum atomic E-state index is -0.236. The smallest absolute Gasteiger partial charge is 0.319 e. The van der Waals surface area contributed by atoms with E-state index in [1.54, 1.807) is 31.1 Å². The maximum Gasteiger partial charge on any atom is 0.319 e. The first-order valence-corrected chi connectivity index (χ1v) is 6.33. The monoisotopic (exact) mass is 250 g/mol. The van der Waals surface area contributed by atoms with Gasteiger partial charge < -0.3 is 9.80 Å². The van der Waals surface area contributed by atoms with E-state index in [0.29, 0.717) is 0 Å². The van der Waals surface area contributed by atoms with E-state index in [2.05, 4.69) is 0 Å². The second kappa shape index (κ2) is 5.38. The van der Waals surface area contributed by atoms with Crippen LogP contribution in [0.3, 0.4) is 0 Å². The fourth-order valence-corrected chi connectivity index (χ4v) is 2.45. The number of hydrogen-bond donors (Lipinski definition) is 0. The van der Waals surface area contributed by atoms with Crippen LogP contribution < -0.4 is 0 Å². The van der Waals surface area contributed by atoms with E-state index < -0.39 is 0 Å². The van der Waals surface area contributed by atoms with Gasteiger partial charge in [0.15, 0.2) is 0 Å². The van der Waals surface area contributed by atoms with Crippen LogP contribution in [0.5, 0.6) is 0 Å². The Bertz CT molecular complexity index is 416. The highest BCUT2D eigenvalue weighted by Gasteiger charge is 2.28. The Balaban J connectivity index is 2.22. The van der Waals surface area contributed by atoms with Gasteiger partial charge in [-0.25, -0.2) is 9.18 Å². The lowest BCUT2D eigenvalue weighted by molar-refractivity contribution is 0.129. The molecule has 0 aromatic heterocycles. The van der Waals surface area contributed by atoms with E-state index in [4.69, 9.17) is 0 Å². The maximum atomic E-state index is 12.9. The van der Waals surface area contributed by atoms with E-state index in [0.717, 1.165) is 31.4 Å². The van der Waals surface area contributed by atoms with Crippen LogP contribution in [0.4, 0.5) is 9.18 Å². The van der Waals surface area contributed by atoms with Crippen molar-refractivity contribution >= 4 is 6.03 Å². The Morgan fingerprint density at radius 1 is 1.28 bits per heavy atom. The Kier molecular flexibility index (Phi) is 3.84. The van der Waals surface area contributed by atoms with E-state index in [9.17, 15) is 9.18 Å². The first-order chi connectivity index (χ1) is 8.59. The summed E-state index contributed by atoms with van der Waals surface area (Å²) in [6, 6.07) is 6.59. The van der Waals surface area contributed by atoms with Gasteiger partial charge in [-0.15, -0.1) is 0 Å². The van der Waals surface area contributed by atoms with Crippen molar-refractivity contribution in [3.05, 3.63) is 35.6 Å². The first-order valence-electron chi connectivity index (χ1n) is 6.33. The number of likely N-dealkylation sites (tertiary alicyclic amines) is 1. The molecule has 0 radical (unpaired) electrons. The van der Waals surface area contributed by atoms with Crippen molar-refractivity contribution in [1.29, 1.82) is 0 Å². The van der Waals surface area contributed by atoms with Gasteiger partial charge in [0.2, 0.25) is 0 Å². The van der Waals surface area contributed by atoms with Gasteiger partial charge >= 0.3 is 6.03 Å². The van der Waals surface area contributed by atoms with Gasteiger partial charge in [-0.05, 0) is 37.0 Å². The average molecular weight is 250 g/mol. The third kappa shape index (κ3) is 2.63. The molecule has 0 N–H and O–H groups in total. The molecule has 2 amide bonds. The lowest BCUT2D eigenvalue weighted by atomic mass is 9.95. The molecule has 98 valence electrons. The normalized spacial score (nSPS) is 19.7. The van der Waals surface area contributed by atoms with Crippen molar-refractivity contribution < 1.29 is 9.18 Å². The van der Waals surface area contributed by atoms with E-state index in [1.807, 2.05) is 4.90 Å². The predicted molar refractivity (Wildman–Crippen MR) is 68.8 cm³/mol. The van der Waals surface area contributed by atoms with E-state index >= 15 is 0 Å². The number of hydrogen-bond acceptors (Lipinski definition) is 1. The number of carbonyl (C=O) groups excluding carboxylic acids is 1. The van der Waals surface area contributed by atoms with Gasteiger partial charge in [-0.2, -0.15) is 0 Å². The predicted octanol–water partition coefficient (Wildman–Crippen LogP) is 3.03. The molecule has 0 aliphatic carbocycles. The van der Waals surface area contributed by atoms with Crippen molar-refractivity contribution in [3.63, 3.8) is 0 Å². The molecule has 0 saturated carbocycles. The number of carbonyl (C=O) groups is 1. The minimum absolute atomic E-state index is 0.0315. The van der Waals surface area contributed by atoms with E-state index in [1.165, 1.54) is 12.1 Å². The zero-order valence-electron chi connectivity index (χ0n) is 10.9. The molecule has 1 aliphatic rings. The largest absolute Gasteiger partial charge is 0.331 e. The van der Waals surface area contributed by atoms with Crippen LogP contribution in [-0.4, -0.2) is 36.5 Å². The van der Waals surface area contributed by atoms with Crippen molar-refractivity contribution in [2.75, 3.05) is 20.6 Å². The van der Waals surface area contributed by atoms with Gasteiger partial charge in [0.05, 0.1) is 6.04 Å². The molecule has 1 saturated heterocycles. The number of rotatable bonds is 1. The van der Waals surface area contributed by atoms with Crippen LogP contribution in [0.15, 0.2) is 24.3 Å². The van der Waals surface area contributed by atoms with Crippen molar-refractivity contribution in [3.8, 4) is 0 Å². The van der Waals surface area contributed by atoms with Crippen LogP contribution in [0, 0.1) is 5.82 Å².